The number of anilines is 1. The summed E-state index contributed by atoms with van der Waals surface area (Å²) >= 11 is 6.52. The van der Waals surface area contributed by atoms with Crippen LogP contribution in [-0.2, 0) is 0 Å². The zero-order valence-corrected chi connectivity index (χ0v) is 15.4. The van der Waals surface area contributed by atoms with Crippen molar-refractivity contribution in [3.63, 3.8) is 0 Å². The number of carbonyl (C=O) groups excluding carboxylic acids is 1. The molecule has 0 fully saturated rings. The third-order valence-corrected chi connectivity index (χ3v) is 4.82. The predicted molar refractivity (Wildman–Crippen MR) is 109 cm³/mol. The minimum Gasteiger partial charge on any atom is -0.507 e. The molecular formula is C19H13N3O3S2. The number of hydrogen-bond acceptors (Lipinski definition) is 6. The Morgan fingerprint density at radius 3 is 2.78 bits per heavy atom. The molecule has 0 saturated carbocycles. The van der Waals surface area contributed by atoms with Crippen molar-refractivity contribution in [3.8, 4) is 17.2 Å². The lowest BCUT2D eigenvalue weighted by Crippen LogP contribution is -2.33. The van der Waals surface area contributed by atoms with E-state index in [1.54, 1.807) is 30.3 Å². The summed E-state index contributed by atoms with van der Waals surface area (Å²) in [6, 6.07) is 15.7. The number of phenols is 1. The van der Waals surface area contributed by atoms with Crippen molar-refractivity contribution in [3.05, 3.63) is 64.9 Å². The minimum atomic E-state index is -0.277. The lowest BCUT2D eigenvalue weighted by molar-refractivity contribution is 0.0981. The highest BCUT2D eigenvalue weighted by Crippen LogP contribution is 2.33. The number of nitrogens with zero attached hydrogens (tertiary/aromatic N) is 1. The van der Waals surface area contributed by atoms with E-state index < -0.39 is 0 Å². The van der Waals surface area contributed by atoms with E-state index in [0.717, 1.165) is 0 Å². The molecular weight excluding hydrogens is 382 g/mol. The van der Waals surface area contributed by atoms with Gasteiger partial charge < -0.3 is 14.8 Å². The van der Waals surface area contributed by atoms with Crippen LogP contribution in [0.15, 0.2) is 64.4 Å². The molecule has 8 heteroatoms. The van der Waals surface area contributed by atoms with Crippen LogP contribution >= 0.6 is 23.6 Å². The molecule has 1 amide bonds. The molecule has 27 heavy (non-hydrogen) atoms. The largest absolute Gasteiger partial charge is 0.507 e. The van der Waals surface area contributed by atoms with Gasteiger partial charge in [-0.05, 0) is 54.0 Å². The van der Waals surface area contributed by atoms with Gasteiger partial charge in [-0.15, -0.1) is 11.3 Å². The number of hydrogen-bond donors (Lipinski definition) is 3. The number of nitrogens with one attached hydrogen (secondary N) is 2. The number of benzene rings is 2. The second-order valence-electron chi connectivity index (χ2n) is 5.60. The summed E-state index contributed by atoms with van der Waals surface area (Å²) in [5.41, 5.74) is 2.33. The zero-order chi connectivity index (χ0) is 18.8. The number of para-hydroxylation sites is 2. The number of amides is 1. The first kappa shape index (κ1) is 17.2. The summed E-state index contributed by atoms with van der Waals surface area (Å²) in [6.07, 6.45) is 0. The molecule has 0 unspecified atom stereocenters. The molecule has 0 bridgehead atoms. The monoisotopic (exact) mass is 395 g/mol. The van der Waals surface area contributed by atoms with Gasteiger partial charge >= 0.3 is 0 Å². The van der Waals surface area contributed by atoms with E-state index in [4.69, 9.17) is 16.6 Å². The van der Waals surface area contributed by atoms with Gasteiger partial charge in [0.05, 0.1) is 10.4 Å². The van der Waals surface area contributed by atoms with Crippen molar-refractivity contribution < 1.29 is 14.3 Å². The highest BCUT2D eigenvalue weighted by atomic mass is 32.1. The molecule has 0 saturated heterocycles. The van der Waals surface area contributed by atoms with Gasteiger partial charge in [0.2, 0.25) is 5.89 Å². The van der Waals surface area contributed by atoms with Gasteiger partial charge in [0.25, 0.3) is 5.91 Å². The fraction of sp³-hybridized carbons (Fsp3) is 0. The first-order chi connectivity index (χ1) is 13.1. The molecule has 0 aliphatic heterocycles. The Morgan fingerprint density at radius 1 is 1.15 bits per heavy atom. The average Bonchev–Trinajstić information content (AvgIpc) is 3.32. The molecule has 0 spiro atoms. The van der Waals surface area contributed by atoms with Gasteiger partial charge in [0.1, 0.15) is 11.3 Å². The number of rotatable bonds is 3. The average molecular weight is 395 g/mol. The van der Waals surface area contributed by atoms with Crippen LogP contribution in [0.25, 0.3) is 22.6 Å². The van der Waals surface area contributed by atoms with Crippen molar-refractivity contribution in [1.29, 1.82) is 0 Å². The molecule has 134 valence electrons. The lowest BCUT2D eigenvalue weighted by atomic mass is 10.1. The number of fused-ring (bicyclic) bond motifs is 1. The van der Waals surface area contributed by atoms with Crippen molar-refractivity contribution >= 4 is 51.4 Å². The first-order valence-corrected chi connectivity index (χ1v) is 9.24. The molecule has 0 aliphatic carbocycles. The van der Waals surface area contributed by atoms with Gasteiger partial charge in [0.15, 0.2) is 10.7 Å². The van der Waals surface area contributed by atoms with Crippen LogP contribution in [0.2, 0.25) is 0 Å². The predicted octanol–water partition coefficient (Wildman–Crippen LogP) is 4.39. The quantitative estimate of drug-likeness (QED) is 0.352. The van der Waals surface area contributed by atoms with E-state index in [1.165, 1.54) is 17.4 Å². The number of thiocarbonyl (C=S) groups is 1. The normalized spacial score (nSPS) is 10.7. The fourth-order valence-electron chi connectivity index (χ4n) is 2.51. The lowest BCUT2D eigenvalue weighted by Gasteiger charge is -2.10. The summed E-state index contributed by atoms with van der Waals surface area (Å²) in [4.78, 5) is 17.0. The van der Waals surface area contributed by atoms with Crippen LogP contribution in [-0.4, -0.2) is 21.1 Å². The first-order valence-electron chi connectivity index (χ1n) is 7.95. The Bertz CT molecular complexity index is 1100. The summed E-state index contributed by atoms with van der Waals surface area (Å²) in [5, 5.41) is 17.7. The van der Waals surface area contributed by atoms with Gasteiger partial charge in [0, 0.05) is 5.69 Å². The fourth-order valence-corrected chi connectivity index (χ4v) is 3.34. The van der Waals surface area contributed by atoms with Crippen molar-refractivity contribution in [2.45, 2.75) is 0 Å². The van der Waals surface area contributed by atoms with Crippen molar-refractivity contribution in [1.82, 2.24) is 10.3 Å². The minimum absolute atomic E-state index is 0.0284. The van der Waals surface area contributed by atoms with Crippen molar-refractivity contribution in [2.75, 3.05) is 5.32 Å². The maximum atomic E-state index is 12.1. The standard InChI is InChI=1S/C19H13N3O3S2/c23-14-8-7-11(20-19(26)22-17(24)16-6-3-9-27-16)10-12(14)18-21-13-4-1-2-5-15(13)25-18/h1-10,23H,(H2,20,22,24,26). The summed E-state index contributed by atoms with van der Waals surface area (Å²) in [6.45, 7) is 0. The third kappa shape index (κ3) is 3.67. The van der Waals surface area contributed by atoms with Gasteiger partial charge in [-0.1, -0.05) is 18.2 Å². The maximum Gasteiger partial charge on any atom is 0.267 e. The van der Waals surface area contributed by atoms with Crippen molar-refractivity contribution in [2.24, 2.45) is 0 Å². The maximum absolute atomic E-state index is 12.1. The molecule has 2 aromatic heterocycles. The van der Waals surface area contributed by atoms with Gasteiger partial charge in [-0.25, -0.2) is 4.98 Å². The van der Waals surface area contributed by atoms with Crippen LogP contribution < -0.4 is 10.6 Å². The molecule has 0 aliphatic rings. The summed E-state index contributed by atoms with van der Waals surface area (Å²) in [7, 11) is 0. The molecule has 3 N–H and O–H groups in total. The molecule has 6 nitrogen and oxygen atoms in total. The Labute approximate surface area is 163 Å². The van der Waals surface area contributed by atoms with Crippen LogP contribution in [0.1, 0.15) is 9.67 Å². The Hall–Kier alpha value is -3.23. The highest BCUT2D eigenvalue weighted by molar-refractivity contribution is 7.80. The second-order valence-corrected chi connectivity index (χ2v) is 6.96. The molecule has 4 aromatic rings. The number of carbonyl (C=O) groups is 1. The van der Waals surface area contributed by atoms with E-state index in [2.05, 4.69) is 15.6 Å². The summed E-state index contributed by atoms with van der Waals surface area (Å²) in [5.74, 6) is 0.0481. The Balaban J connectivity index is 1.55. The smallest absolute Gasteiger partial charge is 0.267 e. The number of phenolic OH excluding ortho intramolecular Hbond substituents is 1. The second kappa shape index (κ2) is 7.18. The van der Waals surface area contributed by atoms with Gasteiger partial charge in [-0.3, -0.25) is 10.1 Å². The number of aromatic hydroxyl groups is 1. The third-order valence-electron chi connectivity index (χ3n) is 3.75. The van der Waals surface area contributed by atoms with Gasteiger partial charge in [-0.2, -0.15) is 0 Å². The van der Waals surface area contributed by atoms with E-state index in [9.17, 15) is 9.90 Å². The Kier molecular flexibility index (Phi) is 4.57. The van der Waals surface area contributed by atoms with E-state index >= 15 is 0 Å². The van der Waals surface area contributed by atoms with E-state index in [-0.39, 0.29) is 16.8 Å². The van der Waals surface area contributed by atoms with Crippen LogP contribution in [0.5, 0.6) is 5.75 Å². The van der Waals surface area contributed by atoms with E-state index in [1.807, 2.05) is 23.6 Å². The Morgan fingerprint density at radius 2 is 2.00 bits per heavy atom. The number of thiophene rings is 1. The zero-order valence-electron chi connectivity index (χ0n) is 13.8. The molecule has 2 aromatic carbocycles. The van der Waals surface area contributed by atoms with Crippen LogP contribution in [0, 0.1) is 0 Å². The summed E-state index contributed by atoms with van der Waals surface area (Å²) < 4.78 is 5.71. The SMILES string of the molecule is O=C(NC(=S)Nc1ccc(O)c(-c2nc3ccccc3o2)c1)c1cccs1. The molecule has 0 radical (unpaired) electrons. The highest BCUT2D eigenvalue weighted by Gasteiger charge is 2.14. The molecule has 2 heterocycles. The van der Waals surface area contributed by atoms with E-state index in [0.29, 0.717) is 33.1 Å². The van der Waals surface area contributed by atoms with Crippen LogP contribution in [0.3, 0.4) is 0 Å². The molecule has 4 rings (SSSR count). The molecule has 0 atom stereocenters. The number of oxazole rings is 1. The number of aromatic nitrogens is 1. The van der Waals surface area contributed by atoms with Crippen LogP contribution in [0.4, 0.5) is 5.69 Å². The topological polar surface area (TPSA) is 87.4 Å².